The second-order valence-corrected chi connectivity index (χ2v) is 6.84. The van der Waals surface area contributed by atoms with E-state index in [0.29, 0.717) is 10.7 Å². The molecule has 1 N–H and O–H groups in total. The summed E-state index contributed by atoms with van der Waals surface area (Å²) in [5.74, 6) is 1.30. The zero-order chi connectivity index (χ0) is 15.9. The molecule has 1 atom stereocenters. The van der Waals surface area contributed by atoms with Gasteiger partial charge in [-0.05, 0) is 17.7 Å². The molecular formula is C14H15FN4S3. The van der Waals surface area contributed by atoms with Gasteiger partial charge in [0, 0.05) is 19.8 Å². The van der Waals surface area contributed by atoms with Crippen molar-refractivity contribution in [2.45, 2.75) is 16.4 Å². The van der Waals surface area contributed by atoms with Crippen LogP contribution in [0.25, 0.3) is 0 Å². The fraction of sp³-hybridized carbons (Fsp3) is 0.286. The van der Waals surface area contributed by atoms with Crippen LogP contribution >= 0.6 is 36.6 Å². The van der Waals surface area contributed by atoms with Gasteiger partial charge in [0.05, 0.1) is 0 Å². The first-order valence-electron chi connectivity index (χ1n) is 6.62. The normalized spacial score (nSPS) is 17.8. The molecule has 22 heavy (non-hydrogen) atoms. The molecule has 1 unspecified atom stereocenters. The Labute approximate surface area is 143 Å². The van der Waals surface area contributed by atoms with E-state index in [1.807, 2.05) is 23.9 Å². The lowest BCUT2D eigenvalue weighted by Gasteiger charge is -2.38. The van der Waals surface area contributed by atoms with Gasteiger partial charge in [-0.1, -0.05) is 36.1 Å². The minimum atomic E-state index is -0.225. The number of aromatic amines is 1. The van der Waals surface area contributed by atoms with E-state index >= 15 is 0 Å². The predicted octanol–water partition coefficient (Wildman–Crippen LogP) is 3.11. The summed E-state index contributed by atoms with van der Waals surface area (Å²) in [7, 11) is 3.84. The van der Waals surface area contributed by atoms with E-state index in [1.54, 1.807) is 23.9 Å². The average molecular weight is 355 g/mol. The average Bonchev–Trinajstić information content (AvgIpc) is 2.95. The van der Waals surface area contributed by atoms with Gasteiger partial charge in [-0.2, -0.15) is 0 Å². The second-order valence-electron chi connectivity index (χ2n) is 5.03. The molecule has 0 saturated heterocycles. The number of halogens is 1. The van der Waals surface area contributed by atoms with E-state index in [-0.39, 0.29) is 11.3 Å². The van der Waals surface area contributed by atoms with Crippen molar-refractivity contribution in [3.05, 3.63) is 41.3 Å². The van der Waals surface area contributed by atoms with Crippen LogP contribution in [0.5, 0.6) is 0 Å². The molecule has 1 aromatic carbocycles. The van der Waals surface area contributed by atoms with Crippen molar-refractivity contribution in [2.24, 2.45) is 0 Å². The lowest BCUT2D eigenvalue weighted by molar-refractivity contribution is 0.465. The first-order valence-corrected chi connectivity index (χ1v) is 8.53. The van der Waals surface area contributed by atoms with Gasteiger partial charge in [0.25, 0.3) is 0 Å². The summed E-state index contributed by atoms with van der Waals surface area (Å²) in [5.41, 5.74) is 1.76. The molecule has 0 fully saturated rings. The zero-order valence-corrected chi connectivity index (χ0v) is 14.6. The maximum atomic E-state index is 12.9. The standard InChI is InChI=1S/C14H15FN4S3/c1-18-11-10(12(20)19(2)14(18)21)16-13(17-11)22-7-8-3-5-9(15)6-4-8/h3-6,14,21H,7H2,1-2H3,(H,16,17). The van der Waals surface area contributed by atoms with E-state index in [0.717, 1.165) is 22.2 Å². The minimum absolute atomic E-state index is 0.127. The Bertz CT molecular complexity index is 701. The number of nitrogens with one attached hydrogen (secondary N) is 1. The van der Waals surface area contributed by atoms with Crippen LogP contribution in [0.3, 0.4) is 0 Å². The summed E-state index contributed by atoms with van der Waals surface area (Å²) in [4.78, 5) is 12.4. The van der Waals surface area contributed by atoms with Crippen LogP contribution in [-0.2, 0) is 5.75 Å². The van der Waals surface area contributed by atoms with Crippen molar-refractivity contribution in [1.82, 2.24) is 14.9 Å². The number of anilines is 1. The van der Waals surface area contributed by atoms with E-state index in [1.165, 1.54) is 12.1 Å². The van der Waals surface area contributed by atoms with Gasteiger partial charge in [0.2, 0.25) is 0 Å². The van der Waals surface area contributed by atoms with Gasteiger partial charge in [-0.25, -0.2) is 9.37 Å². The molecule has 1 aromatic heterocycles. The van der Waals surface area contributed by atoms with Crippen LogP contribution in [0, 0.1) is 5.82 Å². The number of rotatable bonds is 3. The minimum Gasteiger partial charge on any atom is -0.335 e. The number of aromatic nitrogens is 2. The maximum absolute atomic E-state index is 12.9. The molecule has 2 heterocycles. The highest BCUT2D eigenvalue weighted by molar-refractivity contribution is 7.98. The number of H-pyrrole nitrogens is 1. The van der Waals surface area contributed by atoms with Crippen LogP contribution in [0.4, 0.5) is 10.2 Å². The number of hydrogen-bond donors (Lipinski definition) is 2. The summed E-state index contributed by atoms with van der Waals surface area (Å²) in [5, 5.41) is 0.791. The Morgan fingerprint density at radius 2 is 2.00 bits per heavy atom. The number of fused-ring (bicyclic) bond motifs is 1. The van der Waals surface area contributed by atoms with Gasteiger partial charge in [0.15, 0.2) is 11.0 Å². The second kappa shape index (κ2) is 6.10. The van der Waals surface area contributed by atoms with Crippen molar-refractivity contribution < 1.29 is 4.39 Å². The number of thiocarbonyl (C=S) groups is 1. The molecule has 0 bridgehead atoms. The molecule has 4 nitrogen and oxygen atoms in total. The third kappa shape index (κ3) is 2.82. The highest BCUT2D eigenvalue weighted by atomic mass is 32.2. The lowest BCUT2D eigenvalue weighted by Crippen LogP contribution is -2.48. The Morgan fingerprint density at radius 1 is 1.32 bits per heavy atom. The number of thioether (sulfide) groups is 1. The largest absolute Gasteiger partial charge is 0.335 e. The summed E-state index contributed by atoms with van der Waals surface area (Å²) < 4.78 is 12.9. The molecule has 116 valence electrons. The molecule has 1 aliphatic heterocycles. The van der Waals surface area contributed by atoms with Crippen molar-refractivity contribution in [2.75, 3.05) is 19.0 Å². The topological polar surface area (TPSA) is 35.2 Å². The Hall–Kier alpha value is -1.25. The first kappa shape index (κ1) is 15.6. The number of imidazole rings is 1. The summed E-state index contributed by atoms with van der Waals surface area (Å²) in [6, 6.07) is 6.48. The monoisotopic (exact) mass is 354 g/mol. The van der Waals surface area contributed by atoms with Crippen molar-refractivity contribution >= 4 is 47.4 Å². The molecule has 1 aliphatic rings. The zero-order valence-electron chi connectivity index (χ0n) is 12.1. The molecule has 0 aliphatic carbocycles. The van der Waals surface area contributed by atoms with E-state index < -0.39 is 0 Å². The van der Waals surface area contributed by atoms with Gasteiger partial charge in [-0.15, -0.1) is 12.6 Å². The van der Waals surface area contributed by atoms with E-state index in [9.17, 15) is 4.39 Å². The van der Waals surface area contributed by atoms with Crippen LogP contribution in [0.1, 0.15) is 11.3 Å². The Kier molecular flexibility index (Phi) is 4.33. The number of nitrogens with zero attached hydrogens (tertiary/aromatic N) is 3. The lowest BCUT2D eigenvalue weighted by atomic mass is 10.2. The summed E-state index contributed by atoms with van der Waals surface area (Å²) in [6.45, 7) is 0. The van der Waals surface area contributed by atoms with Crippen molar-refractivity contribution in [3.8, 4) is 0 Å². The van der Waals surface area contributed by atoms with Crippen LogP contribution in [0.15, 0.2) is 29.4 Å². The Balaban J connectivity index is 1.78. The van der Waals surface area contributed by atoms with Crippen LogP contribution < -0.4 is 4.90 Å². The third-order valence-corrected chi connectivity index (χ3v) is 5.64. The molecule has 8 heteroatoms. The van der Waals surface area contributed by atoms with Crippen molar-refractivity contribution in [1.29, 1.82) is 0 Å². The van der Waals surface area contributed by atoms with Gasteiger partial charge in [-0.3, -0.25) is 0 Å². The van der Waals surface area contributed by atoms with Crippen LogP contribution in [0.2, 0.25) is 0 Å². The van der Waals surface area contributed by atoms with Gasteiger partial charge >= 0.3 is 0 Å². The number of hydrogen-bond acceptors (Lipinski definition) is 5. The smallest absolute Gasteiger partial charge is 0.168 e. The summed E-state index contributed by atoms with van der Waals surface area (Å²) in [6.07, 6.45) is 0. The molecule has 2 aromatic rings. The Morgan fingerprint density at radius 3 is 2.68 bits per heavy atom. The molecule has 0 saturated carbocycles. The van der Waals surface area contributed by atoms with Crippen LogP contribution in [-0.4, -0.2) is 39.4 Å². The quantitative estimate of drug-likeness (QED) is 0.503. The van der Waals surface area contributed by atoms with Crippen molar-refractivity contribution in [3.63, 3.8) is 0 Å². The van der Waals surface area contributed by atoms with Gasteiger partial charge in [0.1, 0.15) is 22.0 Å². The molecule has 0 spiro atoms. The van der Waals surface area contributed by atoms with Gasteiger partial charge < -0.3 is 14.8 Å². The highest BCUT2D eigenvalue weighted by Gasteiger charge is 2.32. The highest BCUT2D eigenvalue weighted by Crippen LogP contribution is 2.32. The fourth-order valence-electron chi connectivity index (χ4n) is 2.20. The molecular weight excluding hydrogens is 339 g/mol. The summed E-state index contributed by atoms with van der Waals surface area (Å²) >= 11 is 11.5. The molecule has 0 radical (unpaired) electrons. The first-order chi connectivity index (χ1) is 10.5. The fourth-order valence-corrected chi connectivity index (χ4v) is 3.56. The third-order valence-electron chi connectivity index (χ3n) is 3.51. The predicted molar refractivity (Wildman–Crippen MR) is 95.2 cm³/mol. The van der Waals surface area contributed by atoms with E-state index in [4.69, 9.17) is 12.2 Å². The molecule has 0 amide bonds. The SMILES string of the molecule is CN1C(=S)c2[nH]c(SCc3ccc(F)cc3)nc2N(C)C1S. The number of thiol groups is 1. The number of benzene rings is 1. The molecule has 3 rings (SSSR count). The van der Waals surface area contributed by atoms with E-state index in [2.05, 4.69) is 22.6 Å². The maximum Gasteiger partial charge on any atom is 0.168 e.